The molecular weight excluding hydrogens is 267 g/mol. The molecule has 1 aliphatic heterocycles. The van der Waals surface area contributed by atoms with E-state index in [2.05, 4.69) is 5.32 Å². The van der Waals surface area contributed by atoms with E-state index < -0.39 is 5.92 Å². The lowest BCUT2D eigenvalue weighted by molar-refractivity contribution is -0.0299. The molecule has 0 saturated carbocycles. The lowest BCUT2D eigenvalue weighted by Crippen LogP contribution is -2.46. The topological polar surface area (TPSA) is 12.0 Å². The van der Waals surface area contributed by atoms with Crippen LogP contribution >= 0.6 is 24.0 Å². The molecule has 1 aliphatic rings. The Bertz CT molecular complexity index is 344. The SMILES string of the molecule is Cl.FC1(F)CC[C@H](Cc2ccc(Cl)cc2)NC1. The second-order valence-electron chi connectivity index (χ2n) is 4.30. The van der Waals surface area contributed by atoms with Crippen LogP contribution in [0.1, 0.15) is 18.4 Å². The Morgan fingerprint density at radius 2 is 1.94 bits per heavy atom. The molecule has 0 radical (unpaired) electrons. The van der Waals surface area contributed by atoms with Crippen LogP contribution < -0.4 is 5.32 Å². The molecule has 0 spiro atoms. The number of halogens is 4. The van der Waals surface area contributed by atoms with Crippen LogP contribution in [0.2, 0.25) is 5.02 Å². The molecule has 0 amide bonds. The average Bonchev–Trinajstić information content (AvgIpc) is 2.24. The Morgan fingerprint density at radius 1 is 1.29 bits per heavy atom. The molecule has 0 unspecified atom stereocenters. The largest absolute Gasteiger partial charge is 0.308 e. The van der Waals surface area contributed by atoms with Gasteiger partial charge < -0.3 is 5.32 Å². The number of piperidine rings is 1. The summed E-state index contributed by atoms with van der Waals surface area (Å²) >= 11 is 5.78. The summed E-state index contributed by atoms with van der Waals surface area (Å²) in [5.41, 5.74) is 1.13. The van der Waals surface area contributed by atoms with Gasteiger partial charge in [-0.3, -0.25) is 0 Å². The molecule has 1 aromatic carbocycles. The quantitative estimate of drug-likeness (QED) is 0.872. The van der Waals surface area contributed by atoms with Gasteiger partial charge in [0.15, 0.2) is 0 Å². The predicted octanol–water partition coefficient (Wildman–Crippen LogP) is 3.69. The van der Waals surface area contributed by atoms with E-state index in [1.54, 1.807) is 0 Å². The molecule has 5 heteroatoms. The summed E-state index contributed by atoms with van der Waals surface area (Å²) in [6, 6.07) is 7.69. The van der Waals surface area contributed by atoms with E-state index in [9.17, 15) is 8.78 Å². The normalized spacial score (nSPS) is 22.9. The zero-order valence-corrected chi connectivity index (χ0v) is 10.8. The van der Waals surface area contributed by atoms with Crippen LogP contribution in [0.3, 0.4) is 0 Å². The van der Waals surface area contributed by atoms with Crippen molar-refractivity contribution in [1.29, 1.82) is 0 Å². The second kappa shape index (κ2) is 5.98. The minimum atomic E-state index is -2.53. The molecule has 1 aromatic rings. The van der Waals surface area contributed by atoms with Crippen LogP contribution in [0, 0.1) is 0 Å². The predicted molar refractivity (Wildman–Crippen MR) is 68.4 cm³/mol. The first-order valence-corrected chi connectivity index (χ1v) is 5.79. The van der Waals surface area contributed by atoms with E-state index in [4.69, 9.17) is 11.6 Å². The highest BCUT2D eigenvalue weighted by Crippen LogP contribution is 2.25. The number of hydrogen-bond donors (Lipinski definition) is 1. The Labute approximate surface area is 111 Å². The Morgan fingerprint density at radius 3 is 2.47 bits per heavy atom. The fraction of sp³-hybridized carbons (Fsp3) is 0.500. The summed E-state index contributed by atoms with van der Waals surface area (Å²) in [6.07, 6.45) is 1.29. The Kier molecular flexibility index (Phi) is 5.17. The van der Waals surface area contributed by atoms with Gasteiger partial charge in [0.1, 0.15) is 0 Å². The minimum absolute atomic E-state index is 0. The monoisotopic (exact) mass is 281 g/mol. The molecule has 1 fully saturated rings. The highest BCUT2D eigenvalue weighted by atomic mass is 35.5. The maximum atomic E-state index is 12.9. The van der Waals surface area contributed by atoms with Gasteiger partial charge in [-0.2, -0.15) is 0 Å². The molecule has 0 bridgehead atoms. The fourth-order valence-electron chi connectivity index (χ4n) is 1.95. The van der Waals surface area contributed by atoms with E-state index in [0.29, 0.717) is 11.4 Å². The molecule has 1 nitrogen and oxygen atoms in total. The summed E-state index contributed by atoms with van der Waals surface area (Å²) in [7, 11) is 0. The van der Waals surface area contributed by atoms with Gasteiger partial charge in [-0.25, -0.2) is 8.78 Å². The van der Waals surface area contributed by atoms with Crippen molar-refractivity contribution >= 4 is 24.0 Å². The standard InChI is InChI=1S/C12H14ClF2N.ClH/c13-10-3-1-9(2-4-10)7-11-5-6-12(14,15)8-16-11;/h1-4,11,16H,5-8H2;1H/t11-;/m1./s1. The molecule has 1 saturated heterocycles. The van der Waals surface area contributed by atoms with Crippen molar-refractivity contribution in [2.24, 2.45) is 0 Å². The summed E-state index contributed by atoms with van der Waals surface area (Å²) < 4.78 is 25.8. The van der Waals surface area contributed by atoms with E-state index in [-0.39, 0.29) is 31.4 Å². The molecule has 17 heavy (non-hydrogen) atoms. The molecule has 1 N–H and O–H groups in total. The first-order chi connectivity index (χ1) is 7.55. The third-order valence-corrected chi connectivity index (χ3v) is 3.16. The number of hydrogen-bond acceptors (Lipinski definition) is 1. The van der Waals surface area contributed by atoms with Crippen molar-refractivity contribution in [1.82, 2.24) is 5.32 Å². The van der Waals surface area contributed by atoms with E-state index in [0.717, 1.165) is 12.0 Å². The zero-order valence-electron chi connectivity index (χ0n) is 9.26. The number of rotatable bonds is 2. The molecule has 1 atom stereocenters. The van der Waals surface area contributed by atoms with Gasteiger partial charge in [0.2, 0.25) is 0 Å². The van der Waals surface area contributed by atoms with Gasteiger partial charge in [0, 0.05) is 17.5 Å². The van der Waals surface area contributed by atoms with E-state index in [1.165, 1.54) is 0 Å². The first-order valence-electron chi connectivity index (χ1n) is 5.41. The van der Waals surface area contributed by atoms with Crippen molar-refractivity contribution in [2.45, 2.75) is 31.2 Å². The van der Waals surface area contributed by atoms with Gasteiger partial charge in [-0.05, 0) is 30.5 Å². The zero-order chi connectivity index (χ0) is 11.6. The molecule has 0 aromatic heterocycles. The number of benzene rings is 1. The Hall–Kier alpha value is -0.380. The van der Waals surface area contributed by atoms with Crippen LogP contribution in [0.15, 0.2) is 24.3 Å². The van der Waals surface area contributed by atoms with Gasteiger partial charge >= 0.3 is 0 Å². The van der Waals surface area contributed by atoms with Gasteiger partial charge in [0.05, 0.1) is 6.54 Å². The van der Waals surface area contributed by atoms with E-state index in [1.807, 2.05) is 24.3 Å². The molecule has 0 aliphatic carbocycles. The first kappa shape index (κ1) is 14.7. The van der Waals surface area contributed by atoms with Crippen LogP contribution in [-0.4, -0.2) is 18.5 Å². The second-order valence-corrected chi connectivity index (χ2v) is 4.74. The van der Waals surface area contributed by atoms with Crippen molar-refractivity contribution < 1.29 is 8.78 Å². The third-order valence-electron chi connectivity index (χ3n) is 2.90. The van der Waals surface area contributed by atoms with Crippen molar-refractivity contribution in [3.63, 3.8) is 0 Å². The van der Waals surface area contributed by atoms with Crippen LogP contribution in [0.25, 0.3) is 0 Å². The van der Waals surface area contributed by atoms with E-state index >= 15 is 0 Å². The van der Waals surface area contributed by atoms with Crippen molar-refractivity contribution in [2.75, 3.05) is 6.54 Å². The molecular formula is C12H15Cl2F2N. The summed E-state index contributed by atoms with van der Waals surface area (Å²) in [4.78, 5) is 0. The van der Waals surface area contributed by atoms with Gasteiger partial charge in [0.25, 0.3) is 5.92 Å². The maximum absolute atomic E-state index is 12.9. The van der Waals surface area contributed by atoms with Gasteiger partial charge in [-0.15, -0.1) is 12.4 Å². The minimum Gasteiger partial charge on any atom is -0.308 e. The summed E-state index contributed by atoms with van der Waals surface area (Å²) in [5.74, 6) is -2.53. The van der Waals surface area contributed by atoms with Crippen LogP contribution in [-0.2, 0) is 6.42 Å². The van der Waals surface area contributed by atoms with Crippen LogP contribution in [0.5, 0.6) is 0 Å². The smallest absolute Gasteiger partial charge is 0.260 e. The fourth-order valence-corrected chi connectivity index (χ4v) is 2.07. The lowest BCUT2D eigenvalue weighted by atomic mass is 9.96. The highest BCUT2D eigenvalue weighted by Gasteiger charge is 2.34. The Balaban J connectivity index is 0.00000144. The summed E-state index contributed by atoms with van der Waals surface area (Å²) in [6.45, 7) is -0.203. The highest BCUT2D eigenvalue weighted by molar-refractivity contribution is 6.30. The number of nitrogens with one attached hydrogen (secondary N) is 1. The molecule has 1 heterocycles. The van der Waals surface area contributed by atoms with Crippen molar-refractivity contribution in [3.8, 4) is 0 Å². The average molecular weight is 282 g/mol. The number of alkyl halides is 2. The summed E-state index contributed by atoms with van der Waals surface area (Å²) in [5, 5.41) is 3.59. The van der Waals surface area contributed by atoms with Crippen LogP contribution in [0.4, 0.5) is 8.78 Å². The van der Waals surface area contributed by atoms with Gasteiger partial charge in [-0.1, -0.05) is 23.7 Å². The maximum Gasteiger partial charge on any atom is 0.260 e. The molecule has 2 rings (SSSR count). The lowest BCUT2D eigenvalue weighted by Gasteiger charge is -2.29. The van der Waals surface area contributed by atoms with Crippen molar-refractivity contribution in [3.05, 3.63) is 34.9 Å². The molecule has 96 valence electrons. The third kappa shape index (κ3) is 4.41.